The van der Waals surface area contributed by atoms with Crippen LogP contribution in [0.4, 0.5) is 11.4 Å². The summed E-state index contributed by atoms with van der Waals surface area (Å²) in [6.45, 7) is 13.7. The van der Waals surface area contributed by atoms with Gasteiger partial charge >= 0.3 is 6.85 Å². The van der Waals surface area contributed by atoms with Crippen LogP contribution in [0.25, 0.3) is 71.3 Å². The third-order valence-electron chi connectivity index (χ3n) is 11.8. The van der Waals surface area contributed by atoms with E-state index in [1.54, 1.807) is 0 Å². The van der Waals surface area contributed by atoms with Crippen molar-refractivity contribution in [3.05, 3.63) is 139 Å². The Labute approximate surface area is 304 Å². The van der Waals surface area contributed by atoms with Crippen LogP contribution in [0, 0.1) is 0 Å². The molecule has 0 saturated carbocycles. The maximum atomic E-state index is 6.96. The van der Waals surface area contributed by atoms with Crippen molar-refractivity contribution in [2.75, 3.05) is 4.81 Å². The van der Waals surface area contributed by atoms with Crippen LogP contribution in [-0.4, -0.2) is 11.4 Å². The molecule has 0 radical (unpaired) electrons. The fourth-order valence-electron chi connectivity index (χ4n) is 9.22. The number of fused-ring (bicyclic) bond motifs is 12. The molecular formula is C48H39BN2O. The van der Waals surface area contributed by atoms with E-state index >= 15 is 0 Å². The number of benzene rings is 7. The van der Waals surface area contributed by atoms with Crippen LogP contribution in [0.3, 0.4) is 0 Å². The highest BCUT2D eigenvalue weighted by Crippen LogP contribution is 2.49. The standard InChI is InChI=1S/C48H39BN2O/c1-47(2,3)30-18-21-32(22-19-30)51-39-23-20-31(48(4,5)6)26-37(39)43-44-41(27-36-33-14-9-10-17-42(33)52-46(36)43)50-40-25-29-13-8-7-12-28(29)24-35(40)34-15-11-16-38(45(34)50)49(44)51/h7-27H,1-6H3. The minimum Gasteiger partial charge on any atom is -0.455 e. The predicted molar refractivity (Wildman–Crippen MR) is 222 cm³/mol. The number of anilines is 2. The molecule has 0 amide bonds. The van der Waals surface area contributed by atoms with Gasteiger partial charge in [-0.25, -0.2) is 0 Å². The van der Waals surface area contributed by atoms with E-state index < -0.39 is 0 Å². The van der Waals surface area contributed by atoms with Gasteiger partial charge in [-0.05, 0) is 92.2 Å². The molecule has 0 unspecified atom stereocenters. The number of para-hydroxylation sites is 2. The minimum absolute atomic E-state index is 0.0245. The molecule has 2 aliphatic heterocycles. The summed E-state index contributed by atoms with van der Waals surface area (Å²) in [5.41, 5.74) is 15.8. The van der Waals surface area contributed by atoms with Crippen LogP contribution < -0.4 is 15.7 Å². The lowest BCUT2D eigenvalue weighted by molar-refractivity contribution is 0.590. The van der Waals surface area contributed by atoms with Crippen molar-refractivity contribution < 1.29 is 4.42 Å². The van der Waals surface area contributed by atoms with Gasteiger partial charge in [-0.15, -0.1) is 0 Å². The van der Waals surface area contributed by atoms with Crippen molar-refractivity contribution in [2.45, 2.75) is 52.4 Å². The van der Waals surface area contributed by atoms with Crippen molar-refractivity contribution in [1.82, 2.24) is 4.57 Å². The quantitative estimate of drug-likeness (QED) is 0.162. The summed E-state index contributed by atoms with van der Waals surface area (Å²) in [5.74, 6) is 0. The van der Waals surface area contributed by atoms with Crippen LogP contribution in [0.5, 0.6) is 0 Å². The molecule has 0 saturated heterocycles. The van der Waals surface area contributed by atoms with Crippen LogP contribution >= 0.6 is 0 Å². The van der Waals surface area contributed by atoms with E-state index in [1.165, 1.54) is 82.8 Å². The Bertz CT molecular complexity index is 2990. The molecule has 0 atom stereocenters. The van der Waals surface area contributed by atoms with Gasteiger partial charge in [-0.3, -0.25) is 0 Å². The van der Waals surface area contributed by atoms with Crippen LogP contribution in [0.2, 0.25) is 0 Å². The van der Waals surface area contributed by atoms with Gasteiger partial charge in [0.15, 0.2) is 0 Å². The summed E-state index contributed by atoms with van der Waals surface area (Å²) in [7, 11) is 0. The second kappa shape index (κ2) is 9.98. The number of hydrogen-bond donors (Lipinski definition) is 0. The Morgan fingerprint density at radius 2 is 1.25 bits per heavy atom. The van der Waals surface area contributed by atoms with Gasteiger partial charge in [0, 0.05) is 49.7 Å². The summed E-state index contributed by atoms with van der Waals surface area (Å²) >= 11 is 0. The second-order valence-electron chi connectivity index (χ2n) is 17.0. The fraction of sp³-hybridized carbons (Fsp3) is 0.167. The number of nitrogens with zero attached hydrogens (tertiary/aromatic N) is 2. The molecule has 7 aromatic carbocycles. The van der Waals surface area contributed by atoms with E-state index in [4.69, 9.17) is 4.42 Å². The Kier molecular flexibility index (Phi) is 5.75. The van der Waals surface area contributed by atoms with Gasteiger partial charge in [0.05, 0.1) is 11.0 Å². The van der Waals surface area contributed by atoms with E-state index in [9.17, 15) is 0 Å². The molecule has 4 heteroatoms. The maximum absolute atomic E-state index is 6.96. The highest BCUT2D eigenvalue weighted by molar-refractivity contribution is 6.94. The smallest absolute Gasteiger partial charge is 0.333 e. The molecule has 11 rings (SSSR count). The van der Waals surface area contributed by atoms with Gasteiger partial charge in [-0.1, -0.05) is 120 Å². The zero-order chi connectivity index (χ0) is 35.3. The van der Waals surface area contributed by atoms with Crippen molar-refractivity contribution >= 4 is 83.7 Å². The Morgan fingerprint density at radius 1 is 0.558 bits per heavy atom. The molecule has 3 nitrogen and oxygen atoms in total. The van der Waals surface area contributed by atoms with Gasteiger partial charge in [0.1, 0.15) is 11.2 Å². The van der Waals surface area contributed by atoms with E-state index in [0.717, 1.165) is 21.9 Å². The molecule has 4 heterocycles. The highest BCUT2D eigenvalue weighted by Gasteiger charge is 2.45. The third-order valence-corrected chi connectivity index (χ3v) is 11.8. The zero-order valence-corrected chi connectivity index (χ0v) is 30.5. The summed E-state index contributed by atoms with van der Waals surface area (Å²) in [5, 5.41) is 7.40. The first-order valence-electron chi connectivity index (χ1n) is 18.6. The summed E-state index contributed by atoms with van der Waals surface area (Å²) in [4.78, 5) is 2.61. The lowest BCUT2D eigenvalue weighted by Gasteiger charge is -2.42. The van der Waals surface area contributed by atoms with E-state index in [2.05, 4.69) is 178 Å². The second-order valence-corrected chi connectivity index (χ2v) is 17.0. The predicted octanol–water partition coefficient (Wildman–Crippen LogP) is 11.7. The first-order chi connectivity index (χ1) is 25.1. The molecular weight excluding hydrogens is 631 g/mol. The Morgan fingerprint density at radius 3 is 2.02 bits per heavy atom. The lowest BCUT2D eigenvalue weighted by Crippen LogP contribution is -2.60. The van der Waals surface area contributed by atoms with Crippen LogP contribution in [0.15, 0.2) is 132 Å². The molecule has 2 aromatic heterocycles. The van der Waals surface area contributed by atoms with Crippen molar-refractivity contribution in [2.24, 2.45) is 0 Å². The summed E-state index contributed by atoms with van der Waals surface area (Å²) in [6, 6.07) is 47.9. The lowest BCUT2D eigenvalue weighted by atomic mass is 9.44. The number of rotatable bonds is 1. The van der Waals surface area contributed by atoms with E-state index in [1.807, 2.05) is 0 Å². The molecule has 52 heavy (non-hydrogen) atoms. The topological polar surface area (TPSA) is 21.3 Å². The highest BCUT2D eigenvalue weighted by atomic mass is 16.3. The van der Waals surface area contributed by atoms with E-state index in [0.29, 0.717) is 0 Å². The first kappa shape index (κ1) is 29.9. The zero-order valence-electron chi connectivity index (χ0n) is 30.5. The van der Waals surface area contributed by atoms with Crippen LogP contribution in [-0.2, 0) is 10.8 Å². The molecule has 0 fully saturated rings. The van der Waals surface area contributed by atoms with Gasteiger partial charge < -0.3 is 13.8 Å². The minimum atomic E-state index is -0.0639. The SMILES string of the molecule is CC(C)(C)c1ccc(N2B3c4c(cc5c(oc6ccccc65)c4-c4cc(C(C)(C)C)ccc42)-n2c4cc5ccccc5cc4c4cccc3c42)cc1. The molecule has 0 bridgehead atoms. The Balaban J connectivity index is 1.35. The largest absolute Gasteiger partial charge is 0.455 e. The molecule has 2 aliphatic rings. The molecule has 0 spiro atoms. The van der Waals surface area contributed by atoms with Crippen molar-refractivity contribution in [3.8, 4) is 16.8 Å². The molecule has 0 aliphatic carbocycles. The summed E-state index contributed by atoms with van der Waals surface area (Å²) < 4.78 is 9.53. The molecule has 250 valence electrons. The molecule has 9 aromatic rings. The van der Waals surface area contributed by atoms with E-state index in [-0.39, 0.29) is 17.7 Å². The average Bonchev–Trinajstić information content (AvgIpc) is 3.67. The normalized spacial score (nSPS) is 13.9. The third kappa shape index (κ3) is 3.93. The fourth-order valence-corrected chi connectivity index (χ4v) is 9.22. The van der Waals surface area contributed by atoms with Gasteiger partial charge in [-0.2, -0.15) is 0 Å². The average molecular weight is 671 g/mol. The number of hydrogen-bond acceptors (Lipinski definition) is 2. The monoisotopic (exact) mass is 670 g/mol. The number of aromatic nitrogens is 1. The van der Waals surface area contributed by atoms with Crippen LogP contribution in [0.1, 0.15) is 52.7 Å². The van der Waals surface area contributed by atoms with Crippen molar-refractivity contribution in [3.63, 3.8) is 0 Å². The maximum Gasteiger partial charge on any atom is 0.333 e. The molecule has 0 N–H and O–H groups in total. The number of furan rings is 1. The van der Waals surface area contributed by atoms with Gasteiger partial charge in [0.2, 0.25) is 0 Å². The van der Waals surface area contributed by atoms with Gasteiger partial charge in [0.25, 0.3) is 0 Å². The Hall–Kier alpha value is -5.74. The van der Waals surface area contributed by atoms with Crippen molar-refractivity contribution in [1.29, 1.82) is 0 Å². The first-order valence-corrected chi connectivity index (χ1v) is 18.6. The summed E-state index contributed by atoms with van der Waals surface area (Å²) in [6.07, 6.45) is 0.